The Bertz CT molecular complexity index is 1370. The molecule has 1 atom stereocenters. The van der Waals surface area contributed by atoms with Gasteiger partial charge in [0.15, 0.2) is 4.80 Å². The average molecular weight is 498 g/mol. The molecule has 1 aliphatic rings. The summed E-state index contributed by atoms with van der Waals surface area (Å²) in [5.41, 5.74) is 0.693. The van der Waals surface area contributed by atoms with Crippen LogP contribution in [0.15, 0.2) is 39.5 Å². The number of piperidine rings is 1. The zero-order chi connectivity index (χ0) is 22.2. The lowest BCUT2D eigenvalue weighted by atomic mass is 9.99. The number of hydrogen-bond acceptors (Lipinski definition) is 5. The zero-order valence-corrected chi connectivity index (χ0v) is 19.3. The van der Waals surface area contributed by atoms with E-state index in [1.165, 1.54) is 39.9 Å². The molecule has 1 amide bonds. The summed E-state index contributed by atoms with van der Waals surface area (Å²) in [7, 11) is -3.72. The van der Waals surface area contributed by atoms with E-state index in [-0.39, 0.29) is 23.1 Å². The van der Waals surface area contributed by atoms with E-state index in [0.29, 0.717) is 38.7 Å². The summed E-state index contributed by atoms with van der Waals surface area (Å²) in [5, 5.41) is 0. The Balaban J connectivity index is 1.63. The van der Waals surface area contributed by atoms with Crippen molar-refractivity contribution in [3.05, 3.63) is 45.3 Å². The molecule has 162 valence electrons. The van der Waals surface area contributed by atoms with E-state index in [9.17, 15) is 17.6 Å². The quantitative estimate of drug-likeness (QED) is 0.516. The van der Waals surface area contributed by atoms with Crippen LogP contribution in [0.1, 0.15) is 12.8 Å². The van der Waals surface area contributed by atoms with Gasteiger partial charge in [-0.1, -0.05) is 28.9 Å². The van der Waals surface area contributed by atoms with Crippen molar-refractivity contribution in [2.75, 3.05) is 13.1 Å². The number of sulfonamides is 1. The van der Waals surface area contributed by atoms with Gasteiger partial charge in [0.25, 0.3) is 15.9 Å². The van der Waals surface area contributed by atoms with E-state index >= 15 is 0 Å². The van der Waals surface area contributed by atoms with Crippen molar-refractivity contribution in [1.82, 2.24) is 8.87 Å². The molecule has 0 saturated carbocycles. The number of carbonyl (C=O) groups is 1. The van der Waals surface area contributed by atoms with E-state index in [0.717, 1.165) is 11.3 Å². The van der Waals surface area contributed by atoms with Gasteiger partial charge in [-0.15, -0.1) is 17.8 Å². The van der Waals surface area contributed by atoms with Crippen molar-refractivity contribution in [2.24, 2.45) is 10.9 Å². The first-order valence-electron chi connectivity index (χ1n) is 9.36. The Morgan fingerprint density at radius 3 is 2.84 bits per heavy atom. The first-order valence-corrected chi connectivity index (χ1v) is 12.8. The molecular formula is C20H17ClFN3O3S3. The van der Waals surface area contributed by atoms with Crippen LogP contribution in [0.5, 0.6) is 0 Å². The van der Waals surface area contributed by atoms with Crippen molar-refractivity contribution in [3.63, 3.8) is 0 Å². The molecule has 1 unspecified atom stereocenters. The summed E-state index contributed by atoms with van der Waals surface area (Å²) in [4.78, 5) is 17.6. The number of thiophene rings is 1. The van der Waals surface area contributed by atoms with Gasteiger partial charge in [-0.3, -0.25) is 4.79 Å². The molecule has 1 aliphatic heterocycles. The molecule has 11 heteroatoms. The molecule has 0 N–H and O–H groups in total. The molecule has 1 aromatic carbocycles. The fraction of sp³-hybridized carbons (Fsp3) is 0.300. The van der Waals surface area contributed by atoms with E-state index in [1.54, 1.807) is 10.6 Å². The maximum atomic E-state index is 13.6. The summed E-state index contributed by atoms with van der Waals surface area (Å²) in [5.74, 6) is 1.15. The van der Waals surface area contributed by atoms with E-state index < -0.39 is 21.8 Å². The molecule has 3 aromatic rings. The summed E-state index contributed by atoms with van der Waals surface area (Å²) in [6.45, 7) is 0.567. The first kappa shape index (κ1) is 22.2. The predicted octanol–water partition coefficient (Wildman–Crippen LogP) is 3.72. The number of nitrogens with zero attached hydrogens (tertiary/aromatic N) is 3. The maximum Gasteiger partial charge on any atom is 0.252 e. The van der Waals surface area contributed by atoms with E-state index in [1.807, 2.05) is 0 Å². The number of amides is 1. The molecule has 3 heterocycles. The Kier molecular flexibility index (Phi) is 6.32. The highest BCUT2D eigenvalue weighted by Crippen LogP contribution is 2.31. The van der Waals surface area contributed by atoms with Crippen LogP contribution in [-0.2, 0) is 21.4 Å². The highest BCUT2D eigenvalue weighted by Gasteiger charge is 2.34. The van der Waals surface area contributed by atoms with Crippen LogP contribution in [0, 0.1) is 24.1 Å². The van der Waals surface area contributed by atoms with Crippen LogP contribution in [0.3, 0.4) is 0 Å². The Morgan fingerprint density at radius 1 is 1.32 bits per heavy atom. The summed E-state index contributed by atoms with van der Waals surface area (Å²) in [6.07, 6.45) is 6.54. The van der Waals surface area contributed by atoms with Crippen LogP contribution in [0.2, 0.25) is 4.34 Å². The number of halogens is 2. The van der Waals surface area contributed by atoms with Crippen LogP contribution in [-0.4, -0.2) is 36.3 Å². The second-order valence-electron chi connectivity index (χ2n) is 7.00. The van der Waals surface area contributed by atoms with Crippen LogP contribution < -0.4 is 4.80 Å². The Morgan fingerprint density at radius 2 is 2.13 bits per heavy atom. The van der Waals surface area contributed by atoms with Gasteiger partial charge in [0, 0.05) is 13.1 Å². The number of aromatic nitrogens is 1. The average Bonchev–Trinajstić information content (AvgIpc) is 3.32. The number of benzene rings is 1. The predicted molar refractivity (Wildman–Crippen MR) is 120 cm³/mol. The third kappa shape index (κ3) is 4.47. The molecule has 1 saturated heterocycles. The fourth-order valence-electron chi connectivity index (χ4n) is 3.49. The van der Waals surface area contributed by atoms with Gasteiger partial charge >= 0.3 is 0 Å². The molecular weight excluding hydrogens is 481 g/mol. The normalized spacial score (nSPS) is 18.4. The lowest BCUT2D eigenvalue weighted by Gasteiger charge is -2.29. The smallest absolute Gasteiger partial charge is 0.252 e. The highest BCUT2D eigenvalue weighted by atomic mass is 35.5. The molecule has 2 aromatic heterocycles. The fourth-order valence-corrected chi connectivity index (χ4v) is 7.71. The number of terminal acetylenes is 1. The summed E-state index contributed by atoms with van der Waals surface area (Å²) < 4.78 is 43.6. The third-order valence-corrected chi connectivity index (χ3v) is 9.58. The maximum absolute atomic E-state index is 13.6. The highest BCUT2D eigenvalue weighted by molar-refractivity contribution is 7.91. The molecule has 6 nitrogen and oxygen atoms in total. The number of carbonyl (C=O) groups excluding carboxylic acids is 1. The van der Waals surface area contributed by atoms with Crippen LogP contribution in [0.25, 0.3) is 10.2 Å². The van der Waals surface area contributed by atoms with Gasteiger partial charge in [-0.05, 0) is 43.2 Å². The number of hydrogen-bond donors (Lipinski definition) is 0. The molecule has 1 fully saturated rings. The first-order chi connectivity index (χ1) is 14.8. The van der Waals surface area contributed by atoms with Gasteiger partial charge in [0.05, 0.1) is 27.0 Å². The van der Waals surface area contributed by atoms with Gasteiger partial charge < -0.3 is 4.57 Å². The lowest BCUT2D eigenvalue weighted by molar-refractivity contribution is -0.122. The molecule has 0 aliphatic carbocycles. The molecule has 4 rings (SSSR count). The minimum atomic E-state index is -3.72. The van der Waals surface area contributed by atoms with Crippen LogP contribution in [0.4, 0.5) is 4.39 Å². The minimum Gasteiger partial charge on any atom is -0.305 e. The largest absolute Gasteiger partial charge is 0.305 e. The van der Waals surface area contributed by atoms with Crippen molar-refractivity contribution < 1.29 is 17.6 Å². The molecule has 0 spiro atoms. The second-order valence-corrected chi connectivity index (χ2v) is 11.9. The molecule has 31 heavy (non-hydrogen) atoms. The van der Waals surface area contributed by atoms with Gasteiger partial charge in [0.2, 0.25) is 0 Å². The van der Waals surface area contributed by atoms with Crippen molar-refractivity contribution in [2.45, 2.75) is 23.6 Å². The van der Waals surface area contributed by atoms with Gasteiger partial charge in [-0.25, -0.2) is 12.8 Å². The Hall–Kier alpha value is -2.03. The van der Waals surface area contributed by atoms with Gasteiger partial charge in [-0.2, -0.15) is 9.30 Å². The van der Waals surface area contributed by atoms with Crippen molar-refractivity contribution >= 4 is 60.4 Å². The van der Waals surface area contributed by atoms with Crippen molar-refractivity contribution in [1.29, 1.82) is 0 Å². The van der Waals surface area contributed by atoms with Crippen LogP contribution >= 0.6 is 34.3 Å². The van der Waals surface area contributed by atoms with E-state index in [4.69, 9.17) is 18.0 Å². The summed E-state index contributed by atoms with van der Waals surface area (Å²) >= 11 is 8.05. The van der Waals surface area contributed by atoms with Crippen molar-refractivity contribution in [3.8, 4) is 12.3 Å². The zero-order valence-electron chi connectivity index (χ0n) is 16.1. The monoisotopic (exact) mass is 497 g/mol. The SMILES string of the molecule is C#CCn1c(=NC(=O)C2CCCN(S(=O)(=O)c3ccc(Cl)s3)C2)sc2cc(F)ccc21. The topological polar surface area (TPSA) is 71.7 Å². The molecule has 0 bridgehead atoms. The number of rotatable bonds is 4. The second kappa shape index (κ2) is 8.84. The minimum absolute atomic E-state index is 0.0504. The molecule has 0 radical (unpaired) electrons. The van der Waals surface area contributed by atoms with Gasteiger partial charge in [0.1, 0.15) is 10.0 Å². The third-order valence-electron chi connectivity index (χ3n) is 4.98. The van der Waals surface area contributed by atoms with E-state index in [2.05, 4.69) is 10.9 Å². The number of thiazole rings is 1. The Labute approximate surface area is 191 Å². The summed E-state index contributed by atoms with van der Waals surface area (Å²) in [6, 6.07) is 7.31. The number of fused-ring (bicyclic) bond motifs is 1. The lowest BCUT2D eigenvalue weighted by Crippen LogP contribution is -2.42. The standard InChI is InChI=1S/C20H17ClFN3O3S3/c1-2-9-25-15-6-5-14(22)11-16(15)29-20(25)23-19(26)13-4-3-10-24(12-13)31(27,28)18-8-7-17(21)30-18/h1,5-8,11,13H,3-4,9-10,12H2.